The molecule has 58 heavy (non-hydrogen) atoms. The first-order chi connectivity index (χ1) is 27.5. The van der Waals surface area contributed by atoms with Crippen LogP contribution < -0.4 is 0 Å². The molecule has 0 bridgehead atoms. The lowest BCUT2D eigenvalue weighted by atomic mass is 9.67. The van der Waals surface area contributed by atoms with Crippen molar-refractivity contribution in [2.45, 2.75) is 133 Å². The highest BCUT2D eigenvalue weighted by molar-refractivity contribution is 6.30. The Morgan fingerprint density at radius 2 is 1.60 bits per heavy atom. The van der Waals surface area contributed by atoms with Crippen molar-refractivity contribution >= 4 is 23.3 Å². The predicted octanol–water partition coefficient (Wildman–Crippen LogP) is 2.93. The fourth-order valence-corrected chi connectivity index (χ4v) is 9.02. The van der Waals surface area contributed by atoms with E-state index in [1.807, 2.05) is 19.0 Å². The van der Waals surface area contributed by atoms with Gasteiger partial charge in [0.25, 0.3) is 0 Å². The van der Waals surface area contributed by atoms with Crippen LogP contribution in [0.1, 0.15) is 108 Å². The number of nitrogens with zero attached hydrogens (tertiary/aromatic N) is 1. The molecule has 0 spiro atoms. The summed E-state index contributed by atoms with van der Waals surface area (Å²) in [5, 5.41) is 45.8. The van der Waals surface area contributed by atoms with Crippen LogP contribution in [0.15, 0.2) is 36.4 Å². The zero-order valence-electron chi connectivity index (χ0n) is 33.4. The van der Waals surface area contributed by atoms with Crippen LogP contribution in [0.5, 0.6) is 11.5 Å². The fraction of sp³-hybridized carbons (Fsp3) is 0.571. The maximum atomic E-state index is 13.9. The summed E-state index contributed by atoms with van der Waals surface area (Å²) in [4.78, 5) is 54.9. The van der Waals surface area contributed by atoms with Crippen LogP contribution in [0, 0.1) is 0 Å². The van der Waals surface area contributed by atoms with Crippen molar-refractivity contribution in [3.05, 3.63) is 69.8 Å². The van der Waals surface area contributed by atoms with Crippen LogP contribution in [0.25, 0.3) is 0 Å². The predicted molar refractivity (Wildman–Crippen MR) is 201 cm³/mol. The van der Waals surface area contributed by atoms with Crippen LogP contribution in [-0.4, -0.2) is 137 Å². The van der Waals surface area contributed by atoms with E-state index in [0.29, 0.717) is 0 Å². The first kappa shape index (κ1) is 42.0. The molecule has 3 heterocycles. The number of esters is 1. The second-order valence-electron chi connectivity index (χ2n) is 16.0. The summed E-state index contributed by atoms with van der Waals surface area (Å²) in [6.45, 7) is 6.87. The van der Waals surface area contributed by atoms with Gasteiger partial charge in [0.1, 0.15) is 35.7 Å². The number of carbonyl (C=O) groups is 4. The fourth-order valence-electron chi connectivity index (χ4n) is 9.02. The van der Waals surface area contributed by atoms with Gasteiger partial charge in [-0.25, -0.2) is 0 Å². The number of rotatable bonds is 9. The number of phenolic OH excluding ortho intramolecular Hbond substituents is 2. The summed E-state index contributed by atoms with van der Waals surface area (Å²) < 4.78 is 42.4. The minimum Gasteiger partial charge on any atom is -0.507 e. The topological polar surface area (TPSA) is 217 Å². The van der Waals surface area contributed by atoms with E-state index < -0.39 is 102 Å². The number of aliphatic hydroxyl groups excluding tert-OH is 1. The first-order valence-electron chi connectivity index (χ1n) is 19.6. The van der Waals surface area contributed by atoms with Gasteiger partial charge in [0, 0.05) is 42.0 Å². The number of hydrogen-bond acceptors (Lipinski definition) is 16. The standard InChI is InChI=1S/C42H51NO15/c1-8-42(51)17-28(33-22(35(42)41(50)52-7)14-23-34(38(33)49)37(48)32-21(36(23)47)10-9-11-26(32)45)56-30-15-24(43(5)6)39(19(3)54-30)58-31-16-27(46)40(20(4)55-31)57-29-13-12-25(44)18(2)53-29/h9-14,18-20,24,27-31,35,39-40,45-46,49,51H,8,15-17H2,1-7H3. The minimum absolute atomic E-state index is 0.0221. The molecule has 0 aromatic heterocycles. The van der Waals surface area contributed by atoms with Crippen LogP contribution >= 0.6 is 0 Å². The van der Waals surface area contributed by atoms with E-state index in [9.17, 15) is 39.6 Å². The number of aliphatic hydroxyl groups is 2. The Bertz CT molecular complexity index is 1990. The van der Waals surface area contributed by atoms with E-state index in [-0.39, 0.29) is 70.9 Å². The van der Waals surface area contributed by atoms with Gasteiger partial charge in [-0.3, -0.25) is 19.2 Å². The Morgan fingerprint density at radius 1 is 0.914 bits per heavy atom. The molecule has 2 fully saturated rings. The van der Waals surface area contributed by atoms with E-state index in [1.165, 1.54) is 43.5 Å². The molecule has 13 atom stereocenters. The van der Waals surface area contributed by atoms with Gasteiger partial charge in [-0.05, 0) is 71.1 Å². The largest absolute Gasteiger partial charge is 0.507 e. The van der Waals surface area contributed by atoms with Gasteiger partial charge in [-0.1, -0.05) is 19.1 Å². The molecular weight excluding hydrogens is 758 g/mol. The molecule has 0 saturated carbocycles. The molecule has 2 aromatic rings. The van der Waals surface area contributed by atoms with Crippen LogP contribution in [0.3, 0.4) is 0 Å². The Kier molecular flexibility index (Phi) is 11.7. The molecule has 13 unspecified atom stereocenters. The zero-order valence-corrected chi connectivity index (χ0v) is 33.4. The number of ketones is 3. The number of ether oxygens (including phenoxy) is 7. The van der Waals surface area contributed by atoms with Gasteiger partial charge in [0.15, 0.2) is 30.4 Å². The zero-order chi connectivity index (χ0) is 42.0. The van der Waals surface area contributed by atoms with Crippen molar-refractivity contribution in [1.82, 2.24) is 4.90 Å². The lowest BCUT2D eigenvalue weighted by molar-refractivity contribution is -0.320. The van der Waals surface area contributed by atoms with Gasteiger partial charge in [-0.15, -0.1) is 0 Å². The van der Waals surface area contributed by atoms with Crippen LogP contribution in [0.2, 0.25) is 0 Å². The van der Waals surface area contributed by atoms with Crippen molar-refractivity contribution < 1.29 is 72.8 Å². The number of benzene rings is 2. The van der Waals surface area contributed by atoms with Gasteiger partial charge in [0.2, 0.25) is 5.78 Å². The monoisotopic (exact) mass is 809 g/mol. The summed E-state index contributed by atoms with van der Waals surface area (Å²) in [5.74, 6) is -4.79. The molecule has 314 valence electrons. The third-order valence-corrected chi connectivity index (χ3v) is 12.1. The van der Waals surface area contributed by atoms with Gasteiger partial charge < -0.3 is 58.5 Å². The minimum atomic E-state index is -1.76. The molecule has 2 aliphatic carbocycles. The lowest BCUT2D eigenvalue weighted by Crippen LogP contribution is -2.58. The number of fused-ring (bicyclic) bond motifs is 3. The van der Waals surface area contributed by atoms with Crippen molar-refractivity contribution in [3.63, 3.8) is 0 Å². The summed E-state index contributed by atoms with van der Waals surface area (Å²) >= 11 is 0. The van der Waals surface area contributed by atoms with E-state index in [4.69, 9.17) is 33.2 Å². The summed E-state index contributed by atoms with van der Waals surface area (Å²) in [6, 6.07) is 5.09. The van der Waals surface area contributed by atoms with Gasteiger partial charge in [0.05, 0.1) is 48.3 Å². The second kappa shape index (κ2) is 16.2. The summed E-state index contributed by atoms with van der Waals surface area (Å²) in [6.07, 6.45) is -4.94. The average Bonchev–Trinajstić information content (AvgIpc) is 3.17. The molecule has 16 nitrogen and oxygen atoms in total. The maximum absolute atomic E-state index is 13.9. The van der Waals surface area contributed by atoms with E-state index in [1.54, 1.807) is 27.7 Å². The third-order valence-electron chi connectivity index (χ3n) is 12.1. The highest BCUT2D eigenvalue weighted by atomic mass is 16.7. The first-order valence-corrected chi connectivity index (χ1v) is 19.6. The van der Waals surface area contributed by atoms with Crippen molar-refractivity contribution in [2.24, 2.45) is 0 Å². The molecule has 7 rings (SSSR count). The van der Waals surface area contributed by atoms with E-state index in [0.717, 1.165) is 0 Å². The molecular formula is C42H51NO15. The number of carbonyl (C=O) groups excluding carboxylic acids is 4. The molecule has 16 heteroatoms. The van der Waals surface area contributed by atoms with Gasteiger partial charge in [-0.2, -0.15) is 0 Å². The Hall–Kier alpha value is -4.10. The van der Waals surface area contributed by atoms with E-state index in [2.05, 4.69) is 0 Å². The maximum Gasteiger partial charge on any atom is 0.316 e. The third kappa shape index (κ3) is 7.39. The molecule has 3 aliphatic heterocycles. The van der Waals surface area contributed by atoms with Crippen LogP contribution in [0.4, 0.5) is 0 Å². The van der Waals surface area contributed by atoms with Crippen molar-refractivity contribution in [3.8, 4) is 11.5 Å². The van der Waals surface area contributed by atoms with Crippen molar-refractivity contribution in [2.75, 3.05) is 21.2 Å². The quantitative estimate of drug-likeness (QED) is 0.229. The van der Waals surface area contributed by atoms with Crippen LogP contribution in [-0.2, 0) is 42.7 Å². The highest BCUT2D eigenvalue weighted by Crippen LogP contribution is 2.54. The number of phenols is 2. The normalized spacial score (nSPS) is 36.0. The number of hydrogen-bond donors (Lipinski definition) is 4. The smallest absolute Gasteiger partial charge is 0.316 e. The van der Waals surface area contributed by atoms with Crippen molar-refractivity contribution in [1.29, 1.82) is 0 Å². The van der Waals surface area contributed by atoms with Gasteiger partial charge >= 0.3 is 5.97 Å². The molecule has 5 aliphatic rings. The Labute approximate surface area is 335 Å². The Morgan fingerprint density at radius 3 is 2.24 bits per heavy atom. The second-order valence-corrected chi connectivity index (χ2v) is 16.0. The lowest BCUT2D eigenvalue weighted by Gasteiger charge is -2.48. The van der Waals surface area contributed by atoms with E-state index >= 15 is 0 Å². The Balaban J connectivity index is 1.14. The highest BCUT2D eigenvalue weighted by Gasteiger charge is 2.53. The average molecular weight is 810 g/mol. The molecule has 2 saturated heterocycles. The number of methoxy groups -OCH3 is 1. The SMILES string of the molecule is CCC1(O)CC(OC2CC(N(C)C)C(OC3CC(O)C(OC4C=CC(=O)C(C)O4)C(C)O3)C(C)O2)c2c(cc3c(c2O)C(=O)c2c(O)cccc2C3=O)C1C(=O)OC. The molecule has 4 N–H and O–H groups in total. The summed E-state index contributed by atoms with van der Waals surface area (Å²) in [7, 11) is 4.90. The molecule has 2 aromatic carbocycles. The summed E-state index contributed by atoms with van der Waals surface area (Å²) in [5.41, 5.74) is -2.52. The number of likely N-dealkylation sites (N-methyl/N-ethyl adjacent to an activating group) is 1. The number of aromatic hydroxyl groups is 2. The molecule has 0 radical (unpaired) electrons. The molecule has 0 amide bonds.